The number of carbonyl (C=O) groups excluding carboxylic acids is 1. The summed E-state index contributed by atoms with van der Waals surface area (Å²) >= 11 is 0. The number of hydrogen-bond acceptors (Lipinski definition) is 3. The highest BCUT2D eigenvalue weighted by Gasteiger charge is 2.42. The predicted octanol–water partition coefficient (Wildman–Crippen LogP) is 2.29. The molecule has 0 heterocycles. The van der Waals surface area contributed by atoms with E-state index >= 15 is 0 Å². The molecule has 0 radical (unpaired) electrons. The lowest BCUT2D eigenvalue weighted by atomic mass is 10.1. The van der Waals surface area contributed by atoms with Crippen molar-refractivity contribution < 1.29 is 27.8 Å². The van der Waals surface area contributed by atoms with Crippen LogP contribution in [0.15, 0.2) is 18.2 Å². The molecule has 2 rings (SSSR count). The summed E-state index contributed by atoms with van der Waals surface area (Å²) in [5.74, 6) is 0.101. The number of aliphatic hydroxyl groups excluding tert-OH is 1. The van der Waals surface area contributed by atoms with Gasteiger partial charge in [-0.2, -0.15) is 13.2 Å². The van der Waals surface area contributed by atoms with Crippen molar-refractivity contribution in [2.24, 2.45) is 5.41 Å². The average molecular weight is 332 g/mol. The Morgan fingerprint density at radius 2 is 2.04 bits per heavy atom. The van der Waals surface area contributed by atoms with E-state index in [2.05, 4.69) is 10.6 Å². The standard InChI is InChI=1S/C15H19F3N2O3/c1-23-11-3-2-10(12(6-11)15(16,17)18)7-19-13(22)20-8-14(9-21)4-5-14/h2-3,6,21H,4-5,7-9H2,1H3,(H2,19,20,22). The monoisotopic (exact) mass is 332 g/mol. The molecule has 0 atom stereocenters. The summed E-state index contributed by atoms with van der Waals surface area (Å²) in [4.78, 5) is 11.7. The summed E-state index contributed by atoms with van der Waals surface area (Å²) in [6.07, 6.45) is -2.86. The Bertz CT molecular complexity index is 572. The number of carbonyl (C=O) groups is 1. The number of benzene rings is 1. The minimum atomic E-state index is -4.53. The van der Waals surface area contributed by atoms with E-state index in [1.54, 1.807) is 0 Å². The molecule has 128 valence electrons. The topological polar surface area (TPSA) is 70.6 Å². The van der Waals surface area contributed by atoms with E-state index in [0.29, 0.717) is 6.54 Å². The van der Waals surface area contributed by atoms with Crippen molar-refractivity contribution in [2.45, 2.75) is 25.6 Å². The Morgan fingerprint density at radius 1 is 1.35 bits per heavy atom. The smallest absolute Gasteiger partial charge is 0.416 e. The van der Waals surface area contributed by atoms with Crippen molar-refractivity contribution in [3.8, 4) is 5.75 Å². The maximum absolute atomic E-state index is 13.0. The van der Waals surface area contributed by atoms with Crippen LogP contribution in [0.5, 0.6) is 5.75 Å². The maximum atomic E-state index is 13.0. The van der Waals surface area contributed by atoms with Crippen LogP contribution in [0.1, 0.15) is 24.0 Å². The summed E-state index contributed by atoms with van der Waals surface area (Å²) in [5.41, 5.74) is -1.14. The minimum Gasteiger partial charge on any atom is -0.497 e. The van der Waals surface area contributed by atoms with Crippen LogP contribution in [0.25, 0.3) is 0 Å². The fourth-order valence-corrected chi connectivity index (χ4v) is 2.17. The molecular weight excluding hydrogens is 313 g/mol. The molecule has 1 aliphatic rings. The Kier molecular flexibility index (Phi) is 5.03. The first-order chi connectivity index (χ1) is 10.8. The average Bonchev–Trinajstić information content (AvgIpc) is 3.30. The molecule has 5 nitrogen and oxygen atoms in total. The molecule has 3 N–H and O–H groups in total. The number of nitrogens with one attached hydrogen (secondary N) is 2. The van der Waals surface area contributed by atoms with Gasteiger partial charge in [-0.15, -0.1) is 0 Å². The molecule has 0 spiro atoms. The Labute approximate surface area is 131 Å². The molecule has 0 bridgehead atoms. The Morgan fingerprint density at radius 3 is 2.57 bits per heavy atom. The molecule has 8 heteroatoms. The van der Waals surface area contributed by atoms with Gasteiger partial charge in [0.1, 0.15) is 5.75 Å². The van der Waals surface area contributed by atoms with Crippen LogP contribution in [0, 0.1) is 5.41 Å². The quantitative estimate of drug-likeness (QED) is 0.748. The molecule has 1 saturated carbocycles. The van der Waals surface area contributed by atoms with E-state index in [1.165, 1.54) is 19.2 Å². The molecule has 0 aliphatic heterocycles. The van der Waals surface area contributed by atoms with Crippen molar-refractivity contribution >= 4 is 6.03 Å². The third-order valence-electron chi connectivity index (χ3n) is 3.98. The maximum Gasteiger partial charge on any atom is 0.416 e. The number of hydrogen-bond donors (Lipinski definition) is 3. The van der Waals surface area contributed by atoms with Crippen LogP contribution in [0.2, 0.25) is 0 Å². The van der Waals surface area contributed by atoms with Crippen LogP contribution in [-0.2, 0) is 12.7 Å². The number of ether oxygens (including phenoxy) is 1. The van der Waals surface area contributed by atoms with Gasteiger partial charge in [-0.25, -0.2) is 4.79 Å². The molecule has 0 unspecified atom stereocenters. The second kappa shape index (κ2) is 6.66. The zero-order chi connectivity index (χ0) is 17.1. The summed E-state index contributed by atoms with van der Waals surface area (Å²) in [7, 11) is 1.29. The first-order valence-corrected chi connectivity index (χ1v) is 7.16. The van der Waals surface area contributed by atoms with Crippen LogP contribution >= 0.6 is 0 Å². The summed E-state index contributed by atoms with van der Waals surface area (Å²) in [6, 6.07) is 3.03. The third kappa shape index (κ3) is 4.51. The zero-order valence-electron chi connectivity index (χ0n) is 12.7. The van der Waals surface area contributed by atoms with Gasteiger partial charge >= 0.3 is 12.2 Å². The minimum absolute atomic E-state index is 0.00994. The lowest BCUT2D eigenvalue weighted by Gasteiger charge is -2.16. The van der Waals surface area contributed by atoms with E-state index < -0.39 is 17.8 Å². The van der Waals surface area contributed by atoms with E-state index in [-0.39, 0.29) is 29.9 Å². The van der Waals surface area contributed by atoms with E-state index in [0.717, 1.165) is 18.9 Å². The largest absolute Gasteiger partial charge is 0.497 e. The molecule has 1 fully saturated rings. The number of aliphatic hydroxyl groups is 1. The van der Waals surface area contributed by atoms with Crippen molar-refractivity contribution in [3.05, 3.63) is 29.3 Å². The second-order valence-electron chi connectivity index (χ2n) is 5.72. The van der Waals surface area contributed by atoms with Crippen LogP contribution in [-0.4, -0.2) is 31.4 Å². The van der Waals surface area contributed by atoms with Crippen molar-refractivity contribution in [1.82, 2.24) is 10.6 Å². The normalized spacial score (nSPS) is 15.9. The highest BCUT2D eigenvalue weighted by atomic mass is 19.4. The fourth-order valence-electron chi connectivity index (χ4n) is 2.17. The molecule has 1 aliphatic carbocycles. The van der Waals surface area contributed by atoms with Crippen molar-refractivity contribution in [1.29, 1.82) is 0 Å². The van der Waals surface area contributed by atoms with Crippen LogP contribution < -0.4 is 15.4 Å². The van der Waals surface area contributed by atoms with Crippen molar-refractivity contribution in [3.63, 3.8) is 0 Å². The summed E-state index contributed by atoms with van der Waals surface area (Å²) < 4.78 is 43.9. The number of methoxy groups -OCH3 is 1. The Hall–Kier alpha value is -1.96. The third-order valence-corrected chi connectivity index (χ3v) is 3.98. The predicted molar refractivity (Wildman–Crippen MR) is 77.0 cm³/mol. The summed E-state index contributed by atoms with van der Waals surface area (Å²) in [5, 5.41) is 14.1. The summed E-state index contributed by atoms with van der Waals surface area (Å²) in [6.45, 7) is 0.0465. The van der Waals surface area contributed by atoms with Gasteiger partial charge in [0.2, 0.25) is 0 Å². The SMILES string of the molecule is COc1ccc(CNC(=O)NCC2(CO)CC2)c(C(F)(F)F)c1. The molecular formula is C15H19F3N2O3. The first-order valence-electron chi connectivity index (χ1n) is 7.16. The lowest BCUT2D eigenvalue weighted by molar-refractivity contribution is -0.138. The van der Waals surface area contributed by atoms with Gasteiger partial charge < -0.3 is 20.5 Å². The second-order valence-corrected chi connectivity index (χ2v) is 5.72. The fraction of sp³-hybridized carbons (Fsp3) is 0.533. The molecule has 0 aromatic heterocycles. The number of rotatable bonds is 6. The van der Waals surface area contributed by atoms with Gasteiger partial charge in [0.25, 0.3) is 0 Å². The van der Waals surface area contributed by atoms with Gasteiger partial charge in [0.15, 0.2) is 0 Å². The van der Waals surface area contributed by atoms with E-state index in [1.807, 2.05) is 0 Å². The highest BCUT2D eigenvalue weighted by molar-refractivity contribution is 5.74. The lowest BCUT2D eigenvalue weighted by Crippen LogP contribution is -2.39. The van der Waals surface area contributed by atoms with Crippen LogP contribution in [0.4, 0.5) is 18.0 Å². The van der Waals surface area contributed by atoms with Crippen LogP contribution in [0.3, 0.4) is 0 Å². The number of halogens is 3. The highest BCUT2D eigenvalue weighted by Crippen LogP contribution is 2.44. The first kappa shape index (κ1) is 17.4. The molecule has 2 amide bonds. The number of amides is 2. The van der Waals surface area contributed by atoms with Gasteiger partial charge in [-0.05, 0) is 30.5 Å². The number of urea groups is 1. The van der Waals surface area contributed by atoms with Gasteiger partial charge in [-0.3, -0.25) is 0 Å². The molecule has 23 heavy (non-hydrogen) atoms. The number of alkyl halides is 3. The van der Waals surface area contributed by atoms with Gasteiger partial charge in [0, 0.05) is 18.5 Å². The van der Waals surface area contributed by atoms with Crippen molar-refractivity contribution in [2.75, 3.05) is 20.3 Å². The molecule has 0 saturated heterocycles. The van der Waals surface area contributed by atoms with Gasteiger partial charge in [0.05, 0.1) is 19.3 Å². The van der Waals surface area contributed by atoms with E-state index in [4.69, 9.17) is 9.84 Å². The zero-order valence-corrected chi connectivity index (χ0v) is 12.7. The molecule has 1 aromatic rings. The Balaban J connectivity index is 1.95. The van der Waals surface area contributed by atoms with Gasteiger partial charge in [-0.1, -0.05) is 6.07 Å². The molecule has 1 aromatic carbocycles. The van der Waals surface area contributed by atoms with E-state index in [9.17, 15) is 18.0 Å².